The quantitative estimate of drug-likeness (QED) is 0.791. The maximum absolute atomic E-state index is 11.4. The van der Waals surface area contributed by atoms with Gasteiger partial charge >= 0.3 is 0 Å². The predicted molar refractivity (Wildman–Crippen MR) is 69.1 cm³/mol. The molecule has 0 aromatic carbocycles. The van der Waals surface area contributed by atoms with Crippen LogP contribution in [0, 0.1) is 0 Å². The molecule has 0 aliphatic carbocycles. The Balaban J connectivity index is 1.91. The third-order valence-electron chi connectivity index (χ3n) is 2.42. The molecular formula is C13H14N4O2. The first-order valence-corrected chi connectivity index (χ1v) is 5.90. The SMILES string of the molecule is C=CCNC(=O)CCc1nc(-c2ccncc2)no1. The normalized spacial score (nSPS) is 10.1. The monoisotopic (exact) mass is 258 g/mol. The van der Waals surface area contributed by atoms with E-state index in [0.29, 0.717) is 31.1 Å². The summed E-state index contributed by atoms with van der Waals surface area (Å²) in [5, 5.41) is 6.55. The van der Waals surface area contributed by atoms with Crippen LogP contribution in [-0.4, -0.2) is 27.6 Å². The largest absolute Gasteiger partial charge is 0.353 e. The van der Waals surface area contributed by atoms with Crippen molar-refractivity contribution in [3.63, 3.8) is 0 Å². The van der Waals surface area contributed by atoms with E-state index in [1.165, 1.54) is 0 Å². The number of nitrogens with zero attached hydrogens (tertiary/aromatic N) is 3. The average molecular weight is 258 g/mol. The lowest BCUT2D eigenvalue weighted by Crippen LogP contribution is -2.23. The minimum absolute atomic E-state index is 0.0661. The van der Waals surface area contributed by atoms with E-state index < -0.39 is 0 Å². The van der Waals surface area contributed by atoms with Crippen molar-refractivity contribution in [1.29, 1.82) is 0 Å². The second-order valence-electron chi connectivity index (χ2n) is 3.84. The van der Waals surface area contributed by atoms with E-state index in [1.54, 1.807) is 30.6 Å². The number of rotatable bonds is 6. The number of aromatic nitrogens is 3. The predicted octanol–water partition coefficient (Wildman–Crippen LogP) is 1.37. The van der Waals surface area contributed by atoms with Crippen LogP contribution in [0.5, 0.6) is 0 Å². The molecule has 0 unspecified atom stereocenters. The number of carbonyl (C=O) groups is 1. The summed E-state index contributed by atoms with van der Waals surface area (Å²) in [4.78, 5) is 19.5. The summed E-state index contributed by atoms with van der Waals surface area (Å²) in [5.41, 5.74) is 0.834. The summed E-state index contributed by atoms with van der Waals surface area (Å²) in [5.74, 6) is 0.882. The molecule has 0 radical (unpaired) electrons. The zero-order valence-corrected chi connectivity index (χ0v) is 10.4. The fourth-order valence-corrected chi connectivity index (χ4v) is 1.47. The summed E-state index contributed by atoms with van der Waals surface area (Å²) in [6.07, 6.45) is 5.68. The summed E-state index contributed by atoms with van der Waals surface area (Å²) in [7, 11) is 0. The molecule has 1 amide bonds. The Labute approximate surface area is 110 Å². The van der Waals surface area contributed by atoms with Crippen molar-refractivity contribution in [3.05, 3.63) is 43.1 Å². The molecule has 6 nitrogen and oxygen atoms in total. The van der Waals surface area contributed by atoms with Gasteiger partial charge in [-0.1, -0.05) is 11.2 Å². The minimum atomic E-state index is -0.0661. The molecule has 2 aromatic rings. The van der Waals surface area contributed by atoms with Crippen LogP contribution in [-0.2, 0) is 11.2 Å². The average Bonchev–Trinajstić information content (AvgIpc) is 2.93. The van der Waals surface area contributed by atoms with Gasteiger partial charge in [0.2, 0.25) is 17.6 Å². The highest BCUT2D eigenvalue weighted by Gasteiger charge is 2.09. The first-order valence-electron chi connectivity index (χ1n) is 5.90. The van der Waals surface area contributed by atoms with Gasteiger partial charge in [0.25, 0.3) is 0 Å². The molecular weight excluding hydrogens is 244 g/mol. The van der Waals surface area contributed by atoms with E-state index >= 15 is 0 Å². The van der Waals surface area contributed by atoms with Crippen LogP contribution < -0.4 is 5.32 Å². The van der Waals surface area contributed by atoms with E-state index in [9.17, 15) is 4.79 Å². The van der Waals surface area contributed by atoms with Gasteiger partial charge in [0.15, 0.2) is 0 Å². The van der Waals surface area contributed by atoms with Crippen LogP contribution in [0.15, 0.2) is 41.7 Å². The van der Waals surface area contributed by atoms with Gasteiger partial charge in [-0.15, -0.1) is 6.58 Å². The van der Waals surface area contributed by atoms with Gasteiger partial charge in [-0.25, -0.2) is 0 Å². The Morgan fingerprint density at radius 3 is 2.95 bits per heavy atom. The topological polar surface area (TPSA) is 80.9 Å². The summed E-state index contributed by atoms with van der Waals surface area (Å²) in [6, 6.07) is 3.59. The number of nitrogens with one attached hydrogen (secondary N) is 1. The smallest absolute Gasteiger partial charge is 0.227 e. The van der Waals surface area contributed by atoms with Gasteiger partial charge in [-0.2, -0.15) is 4.98 Å². The molecule has 0 atom stereocenters. The third kappa shape index (κ3) is 3.74. The Morgan fingerprint density at radius 1 is 1.42 bits per heavy atom. The number of hydrogen-bond acceptors (Lipinski definition) is 5. The van der Waals surface area contributed by atoms with Crippen molar-refractivity contribution >= 4 is 5.91 Å². The van der Waals surface area contributed by atoms with Crippen LogP contribution >= 0.6 is 0 Å². The van der Waals surface area contributed by atoms with Crippen molar-refractivity contribution in [2.24, 2.45) is 0 Å². The van der Waals surface area contributed by atoms with Crippen molar-refractivity contribution in [2.45, 2.75) is 12.8 Å². The Morgan fingerprint density at radius 2 is 2.21 bits per heavy atom. The zero-order valence-electron chi connectivity index (χ0n) is 10.4. The second-order valence-corrected chi connectivity index (χ2v) is 3.84. The van der Waals surface area contributed by atoms with Crippen LogP contribution in [0.4, 0.5) is 0 Å². The molecule has 0 saturated heterocycles. The highest BCUT2D eigenvalue weighted by Crippen LogP contribution is 2.14. The number of hydrogen-bond donors (Lipinski definition) is 1. The van der Waals surface area contributed by atoms with E-state index in [1.807, 2.05) is 0 Å². The maximum atomic E-state index is 11.4. The Kier molecular flexibility index (Phi) is 4.39. The molecule has 98 valence electrons. The van der Waals surface area contributed by atoms with Gasteiger partial charge < -0.3 is 9.84 Å². The van der Waals surface area contributed by atoms with Gasteiger partial charge in [0.1, 0.15) is 0 Å². The lowest BCUT2D eigenvalue weighted by molar-refractivity contribution is -0.120. The van der Waals surface area contributed by atoms with E-state index in [2.05, 4.69) is 27.0 Å². The second kappa shape index (κ2) is 6.44. The first-order chi connectivity index (χ1) is 9.29. The molecule has 6 heteroatoms. The molecule has 19 heavy (non-hydrogen) atoms. The highest BCUT2D eigenvalue weighted by atomic mass is 16.5. The fraction of sp³-hybridized carbons (Fsp3) is 0.231. The third-order valence-corrected chi connectivity index (χ3v) is 2.42. The van der Waals surface area contributed by atoms with Crippen molar-refractivity contribution in [2.75, 3.05) is 6.54 Å². The summed E-state index contributed by atoms with van der Waals surface area (Å²) in [6.45, 7) is 3.99. The number of pyridine rings is 1. The molecule has 1 N–H and O–H groups in total. The Bertz CT molecular complexity index is 551. The van der Waals surface area contributed by atoms with E-state index in [0.717, 1.165) is 5.56 Å². The van der Waals surface area contributed by atoms with Gasteiger partial charge in [0.05, 0.1) is 0 Å². The van der Waals surface area contributed by atoms with Crippen molar-refractivity contribution in [1.82, 2.24) is 20.4 Å². The minimum Gasteiger partial charge on any atom is -0.353 e. The van der Waals surface area contributed by atoms with Crippen LogP contribution in [0.2, 0.25) is 0 Å². The summed E-state index contributed by atoms with van der Waals surface area (Å²) >= 11 is 0. The molecule has 2 rings (SSSR count). The number of amides is 1. The maximum Gasteiger partial charge on any atom is 0.227 e. The fourth-order valence-electron chi connectivity index (χ4n) is 1.47. The molecule has 0 aliphatic heterocycles. The van der Waals surface area contributed by atoms with Crippen molar-refractivity contribution in [3.8, 4) is 11.4 Å². The van der Waals surface area contributed by atoms with Crippen molar-refractivity contribution < 1.29 is 9.32 Å². The lowest BCUT2D eigenvalue weighted by atomic mass is 10.2. The van der Waals surface area contributed by atoms with Crippen LogP contribution in [0.25, 0.3) is 11.4 Å². The first kappa shape index (κ1) is 12.9. The van der Waals surface area contributed by atoms with Gasteiger partial charge in [-0.3, -0.25) is 9.78 Å². The molecule has 0 bridgehead atoms. The number of aryl methyl sites for hydroxylation is 1. The molecule has 0 aliphatic rings. The standard InChI is InChI=1S/C13H14N4O2/c1-2-7-15-11(18)3-4-12-16-13(17-19-12)10-5-8-14-9-6-10/h2,5-6,8-9H,1,3-4,7H2,(H,15,18). The van der Waals surface area contributed by atoms with E-state index in [4.69, 9.17) is 4.52 Å². The molecule has 2 heterocycles. The molecule has 0 saturated carbocycles. The van der Waals surface area contributed by atoms with Crippen LogP contribution in [0.1, 0.15) is 12.3 Å². The number of carbonyl (C=O) groups excluding carboxylic acids is 1. The molecule has 2 aromatic heterocycles. The summed E-state index contributed by atoms with van der Waals surface area (Å²) < 4.78 is 5.09. The highest BCUT2D eigenvalue weighted by molar-refractivity contribution is 5.76. The van der Waals surface area contributed by atoms with E-state index in [-0.39, 0.29) is 5.91 Å². The molecule has 0 spiro atoms. The van der Waals surface area contributed by atoms with Gasteiger partial charge in [0, 0.05) is 37.3 Å². The lowest BCUT2D eigenvalue weighted by Gasteiger charge is -1.98. The van der Waals surface area contributed by atoms with Crippen LogP contribution in [0.3, 0.4) is 0 Å². The molecule has 0 fully saturated rings. The van der Waals surface area contributed by atoms with Gasteiger partial charge in [-0.05, 0) is 12.1 Å². The zero-order chi connectivity index (χ0) is 13.5. The Hall–Kier alpha value is -2.50.